The number of morpholine rings is 1. The first-order chi connectivity index (χ1) is 14.3. The molecule has 2 aromatic rings. The molecule has 0 aliphatic carbocycles. The summed E-state index contributed by atoms with van der Waals surface area (Å²) >= 11 is 0. The van der Waals surface area contributed by atoms with Gasteiger partial charge < -0.3 is 9.47 Å². The van der Waals surface area contributed by atoms with Crippen molar-refractivity contribution in [1.82, 2.24) is 9.03 Å². The van der Waals surface area contributed by atoms with E-state index in [1.54, 1.807) is 18.2 Å². The van der Waals surface area contributed by atoms with Crippen LogP contribution < -0.4 is 9.46 Å². The van der Waals surface area contributed by atoms with Crippen LogP contribution in [0.1, 0.15) is 11.1 Å². The number of sulfonamides is 2. The molecule has 8 nitrogen and oxygen atoms in total. The van der Waals surface area contributed by atoms with Crippen LogP contribution in [0.2, 0.25) is 0 Å². The SMILES string of the molecule is Cc1ccccc1CS(=O)(=O)NCCOc1ccc(S(=O)(=O)N2CCOCC2)cc1. The summed E-state index contributed by atoms with van der Waals surface area (Å²) in [5.74, 6) is 0.377. The highest BCUT2D eigenvalue weighted by Gasteiger charge is 2.26. The molecule has 1 fully saturated rings. The first kappa shape index (κ1) is 22.7. The Labute approximate surface area is 177 Å². The molecule has 1 N–H and O–H groups in total. The van der Waals surface area contributed by atoms with Crippen LogP contribution in [-0.2, 0) is 30.5 Å². The van der Waals surface area contributed by atoms with E-state index in [1.807, 2.05) is 25.1 Å². The van der Waals surface area contributed by atoms with Crippen molar-refractivity contribution in [3.63, 3.8) is 0 Å². The Morgan fingerprint density at radius 3 is 2.33 bits per heavy atom. The molecule has 1 aliphatic heterocycles. The third kappa shape index (κ3) is 6.02. The fraction of sp³-hybridized carbons (Fsp3) is 0.400. The van der Waals surface area contributed by atoms with Crippen LogP contribution in [0.4, 0.5) is 0 Å². The molecule has 10 heteroatoms. The Kier molecular flexibility index (Phi) is 7.48. The van der Waals surface area contributed by atoms with Crippen LogP contribution in [0.15, 0.2) is 53.4 Å². The number of ether oxygens (including phenoxy) is 2. The van der Waals surface area contributed by atoms with E-state index in [9.17, 15) is 16.8 Å². The highest BCUT2D eigenvalue weighted by Crippen LogP contribution is 2.20. The molecule has 164 valence electrons. The fourth-order valence-electron chi connectivity index (χ4n) is 3.04. The summed E-state index contributed by atoms with van der Waals surface area (Å²) in [5.41, 5.74) is 1.68. The lowest BCUT2D eigenvalue weighted by atomic mass is 10.1. The molecule has 1 saturated heterocycles. The van der Waals surface area contributed by atoms with Gasteiger partial charge in [0, 0.05) is 19.6 Å². The first-order valence-corrected chi connectivity index (χ1v) is 12.7. The molecule has 0 amide bonds. The van der Waals surface area contributed by atoms with Crippen molar-refractivity contribution < 1.29 is 26.3 Å². The molecule has 2 aromatic carbocycles. The van der Waals surface area contributed by atoms with E-state index in [4.69, 9.17) is 9.47 Å². The quantitative estimate of drug-likeness (QED) is 0.577. The van der Waals surface area contributed by atoms with Gasteiger partial charge in [-0.05, 0) is 42.3 Å². The Morgan fingerprint density at radius 1 is 1.00 bits per heavy atom. The summed E-state index contributed by atoms with van der Waals surface area (Å²) in [6.45, 7) is 3.56. The molecule has 0 radical (unpaired) electrons. The van der Waals surface area contributed by atoms with Gasteiger partial charge in [-0.1, -0.05) is 24.3 Å². The Hall–Kier alpha value is -1.98. The number of benzene rings is 2. The molecule has 3 rings (SSSR count). The molecule has 0 aromatic heterocycles. The molecule has 1 heterocycles. The number of rotatable bonds is 9. The zero-order chi connectivity index (χ0) is 21.6. The van der Waals surface area contributed by atoms with Crippen LogP contribution in [0.25, 0.3) is 0 Å². The third-order valence-corrected chi connectivity index (χ3v) is 7.98. The van der Waals surface area contributed by atoms with Crippen molar-refractivity contribution in [2.45, 2.75) is 17.6 Å². The topological polar surface area (TPSA) is 102 Å². The van der Waals surface area contributed by atoms with Crippen molar-refractivity contribution >= 4 is 20.0 Å². The van der Waals surface area contributed by atoms with Crippen LogP contribution in [0.5, 0.6) is 5.75 Å². The Morgan fingerprint density at radius 2 is 1.67 bits per heavy atom. The predicted molar refractivity (Wildman–Crippen MR) is 113 cm³/mol. The van der Waals surface area contributed by atoms with Gasteiger partial charge in [0.15, 0.2) is 0 Å². The minimum Gasteiger partial charge on any atom is -0.492 e. The zero-order valence-corrected chi connectivity index (χ0v) is 18.4. The average Bonchev–Trinajstić information content (AvgIpc) is 2.74. The number of nitrogens with one attached hydrogen (secondary N) is 1. The van der Waals surface area contributed by atoms with E-state index >= 15 is 0 Å². The molecule has 1 aliphatic rings. The van der Waals surface area contributed by atoms with Gasteiger partial charge in [-0.15, -0.1) is 0 Å². The maximum Gasteiger partial charge on any atom is 0.243 e. The summed E-state index contributed by atoms with van der Waals surface area (Å²) in [5, 5.41) is 0. The van der Waals surface area contributed by atoms with Gasteiger partial charge >= 0.3 is 0 Å². The van der Waals surface area contributed by atoms with Crippen LogP contribution in [0, 0.1) is 6.92 Å². The van der Waals surface area contributed by atoms with Crippen molar-refractivity contribution in [1.29, 1.82) is 0 Å². The minimum atomic E-state index is -3.55. The number of hydrogen-bond donors (Lipinski definition) is 1. The van der Waals surface area contributed by atoms with Crippen molar-refractivity contribution in [2.24, 2.45) is 0 Å². The van der Waals surface area contributed by atoms with Gasteiger partial charge in [0.25, 0.3) is 0 Å². The predicted octanol–water partition coefficient (Wildman–Crippen LogP) is 1.51. The summed E-state index contributed by atoms with van der Waals surface area (Å²) in [6, 6.07) is 13.4. The lowest BCUT2D eigenvalue weighted by Gasteiger charge is -2.26. The molecule has 0 atom stereocenters. The first-order valence-electron chi connectivity index (χ1n) is 9.60. The van der Waals surface area contributed by atoms with Crippen LogP contribution >= 0.6 is 0 Å². The lowest BCUT2D eigenvalue weighted by Crippen LogP contribution is -2.40. The van der Waals surface area contributed by atoms with Crippen molar-refractivity contribution in [2.75, 3.05) is 39.5 Å². The fourth-order valence-corrected chi connectivity index (χ4v) is 5.68. The minimum absolute atomic E-state index is 0.0895. The largest absolute Gasteiger partial charge is 0.492 e. The molecule has 30 heavy (non-hydrogen) atoms. The van der Waals surface area contributed by atoms with Crippen LogP contribution in [-0.4, -0.2) is 60.6 Å². The van der Waals surface area contributed by atoms with Gasteiger partial charge in [0.05, 0.1) is 23.9 Å². The van der Waals surface area contributed by atoms with Gasteiger partial charge in [-0.25, -0.2) is 21.6 Å². The third-order valence-electron chi connectivity index (χ3n) is 4.73. The molecule has 0 bridgehead atoms. The van der Waals surface area contributed by atoms with E-state index in [0.717, 1.165) is 11.1 Å². The highest BCUT2D eigenvalue weighted by atomic mass is 32.2. The second-order valence-corrected chi connectivity index (χ2v) is 10.7. The second-order valence-electron chi connectivity index (χ2n) is 6.92. The summed E-state index contributed by atoms with van der Waals surface area (Å²) < 4.78 is 64.3. The summed E-state index contributed by atoms with van der Waals surface area (Å²) in [4.78, 5) is 0.190. The molecule has 0 saturated carbocycles. The zero-order valence-electron chi connectivity index (χ0n) is 16.8. The van der Waals surface area contributed by atoms with E-state index < -0.39 is 20.0 Å². The lowest BCUT2D eigenvalue weighted by molar-refractivity contribution is 0.0730. The van der Waals surface area contributed by atoms with Crippen LogP contribution in [0.3, 0.4) is 0 Å². The molecule has 0 spiro atoms. The van der Waals surface area contributed by atoms with Gasteiger partial charge in [0.2, 0.25) is 20.0 Å². The van der Waals surface area contributed by atoms with Gasteiger partial charge in [0.1, 0.15) is 12.4 Å². The molecular formula is C20H26N2O6S2. The second kappa shape index (κ2) is 9.88. The van der Waals surface area contributed by atoms with E-state index in [1.165, 1.54) is 16.4 Å². The monoisotopic (exact) mass is 454 g/mol. The maximum absolute atomic E-state index is 12.6. The standard InChI is InChI=1S/C20H26N2O6S2/c1-17-4-2-3-5-18(17)16-29(23,24)21-10-13-28-19-6-8-20(9-7-19)30(25,26)22-11-14-27-15-12-22/h2-9,21H,10-16H2,1H3. The van der Waals surface area contributed by atoms with Gasteiger partial charge in [-0.2, -0.15) is 4.31 Å². The smallest absolute Gasteiger partial charge is 0.243 e. The van der Waals surface area contributed by atoms with E-state index in [-0.39, 0.29) is 23.8 Å². The molecule has 0 unspecified atom stereocenters. The summed E-state index contributed by atoms with van der Waals surface area (Å²) in [7, 11) is -7.03. The summed E-state index contributed by atoms with van der Waals surface area (Å²) in [6.07, 6.45) is 0. The maximum atomic E-state index is 12.6. The average molecular weight is 455 g/mol. The van der Waals surface area contributed by atoms with Crippen molar-refractivity contribution in [3.05, 3.63) is 59.7 Å². The molecular weight excluding hydrogens is 428 g/mol. The Balaban J connectivity index is 1.49. The Bertz CT molecular complexity index is 1050. The van der Waals surface area contributed by atoms with Gasteiger partial charge in [-0.3, -0.25) is 0 Å². The number of nitrogens with zero attached hydrogens (tertiary/aromatic N) is 1. The number of hydrogen-bond acceptors (Lipinski definition) is 6. The highest BCUT2D eigenvalue weighted by molar-refractivity contribution is 7.89. The van der Waals surface area contributed by atoms with E-state index in [0.29, 0.717) is 32.1 Å². The number of aryl methyl sites for hydroxylation is 1. The van der Waals surface area contributed by atoms with E-state index in [2.05, 4.69) is 4.72 Å². The van der Waals surface area contributed by atoms with Crippen molar-refractivity contribution in [3.8, 4) is 5.75 Å². The normalized spacial score (nSPS) is 15.8.